The quantitative estimate of drug-likeness (QED) is 0.732. The minimum absolute atomic E-state index is 0.609. The number of hydrogen-bond acceptors (Lipinski definition) is 3. The van der Waals surface area contributed by atoms with Crippen LogP contribution in [0.1, 0.15) is 50.3 Å². The summed E-state index contributed by atoms with van der Waals surface area (Å²) in [5, 5.41) is 2.23. The molecular weight excluding hydrogens is 292 g/mol. The predicted molar refractivity (Wildman–Crippen MR) is 92.0 cm³/mol. The number of rotatable bonds is 3. The molecule has 0 radical (unpaired) electrons. The Hall–Kier alpha value is -1.55. The smallest absolute Gasteiger partial charge is 0.190 e. The fourth-order valence-electron chi connectivity index (χ4n) is 3.23. The molecule has 0 bridgehead atoms. The van der Waals surface area contributed by atoms with E-state index in [4.69, 9.17) is 9.73 Å². The first-order chi connectivity index (χ1) is 10.8. The van der Waals surface area contributed by atoms with Crippen molar-refractivity contribution in [3.63, 3.8) is 0 Å². The fourth-order valence-corrected chi connectivity index (χ4v) is 4.19. The molecule has 1 aliphatic rings. The van der Waals surface area contributed by atoms with Crippen molar-refractivity contribution in [3.8, 4) is 5.75 Å². The molecule has 1 saturated carbocycles. The van der Waals surface area contributed by atoms with Crippen molar-refractivity contribution in [1.82, 2.24) is 4.57 Å². The van der Waals surface area contributed by atoms with Crippen LogP contribution >= 0.6 is 11.3 Å². The summed E-state index contributed by atoms with van der Waals surface area (Å²) >= 11 is 1.74. The Balaban J connectivity index is 1.98. The summed E-state index contributed by atoms with van der Waals surface area (Å²) in [5.74, 6) is 0.857. The molecule has 4 heteroatoms. The zero-order valence-electron chi connectivity index (χ0n) is 13.4. The SMILES string of the molecule is COc1cccc(N=c2scc(C)n2C2CCCCCC2)c1. The Labute approximate surface area is 136 Å². The first-order valence-electron chi connectivity index (χ1n) is 8.13. The average molecular weight is 316 g/mol. The van der Waals surface area contributed by atoms with Gasteiger partial charge in [-0.15, -0.1) is 11.3 Å². The third-order valence-electron chi connectivity index (χ3n) is 4.39. The van der Waals surface area contributed by atoms with Crippen LogP contribution in [0.5, 0.6) is 5.75 Å². The Morgan fingerprint density at radius 1 is 1.18 bits per heavy atom. The van der Waals surface area contributed by atoms with Crippen LogP contribution in [0.3, 0.4) is 0 Å². The maximum absolute atomic E-state index is 5.30. The molecule has 1 aromatic heterocycles. The second kappa shape index (κ2) is 7.14. The van der Waals surface area contributed by atoms with Crippen molar-refractivity contribution in [2.75, 3.05) is 7.11 Å². The minimum Gasteiger partial charge on any atom is -0.497 e. The van der Waals surface area contributed by atoms with Crippen molar-refractivity contribution < 1.29 is 4.74 Å². The molecule has 0 saturated heterocycles. The first kappa shape index (κ1) is 15.3. The highest BCUT2D eigenvalue weighted by Crippen LogP contribution is 2.28. The van der Waals surface area contributed by atoms with Crippen molar-refractivity contribution >= 4 is 17.0 Å². The van der Waals surface area contributed by atoms with E-state index in [2.05, 4.69) is 16.9 Å². The number of methoxy groups -OCH3 is 1. The van der Waals surface area contributed by atoms with E-state index in [0.717, 1.165) is 16.2 Å². The molecule has 1 aromatic carbocycles. The van der Waals surface area contributed by atoms with Crippen LogP contribution in [0, 0.1) is 6.92 Å². The molecule has 0 aliphatic heterocycles. The number of hydrogen-bond donors (Lipinski definition) is 0. The normalized spacial score (nSPS) is 17.5. The van der Waals surface area contributed by atoms with E-state index in [1.54, 1.807) is 18.4 Å². The van der Waals surface area contributed by atoms with Crippen molar-refractivity contribution in [3.05, 3.63) is 40.1 Å². The zero-order valence-corrected chi connectivity index (χ0v) is 14.2. The van der Waals surface area contributed by atoms with Crippen molar-refractivity contribution in [2.45, 2.75) is 51.5 Å². The first-order valence-corrected chi connectivity index (χ1v) is 9.01. The molecule has 118 valence electrons. The van der Waals surface area contributed by atoms with Crippen LogP contribution in [0.2, 0.25) is 0 Å². The van der Waals surface area contributed by atoms with Crippen LogP contribution in [0.4, 0.5) is 5.69 Å². The molecule has 2 aromatic rings. The summed E-state index contributed by atoms with van der Waals surface area (Å²) in [6.45, 7) is 2.20. The van der Waals surface area contributed by atoms with Crippen LogP contribution in [-0.4, -0.2) is 11.7 Å². The van der Waals surface area contributed by atoms with Crippen LogP contribution in [0.25, 0.3) is 0 Å². The fraction of sp³-hybridized carbons (Fsp3) is 0.500. The number of benzene rings is 1. The van der Waals surface area contributed by atoms with Gasteiger partial charge >= 0.3 is 0 Å². The van der Waals surface area contributed by atoms with Gasteiger partial charge in [0.25, 0.3) is 0 Å². The zero-order chi connectivity index (χ0) is 15.4. The summed E-state index contributed by atoms with van der Waals surface area (Å²) in [5.41, 5.74) is 2.29. The van der Waals surface area contributed by atoms with E-state index in [1.165, 1.54) is 44.2 Å². The second-order valence-electron chi connectivity index (χ2n) is 5.99. The molecule has 3 rings (SSSR count). The van der Waals surface area contributed by atoms with Gasteiger partial charge in [-0.25, -0.2) is 4.99 Å². The average Bonchev–Trinajstić information content (AvgIpc) is 2.76. The van der Waals surface area contributed by atoms with Gasteiger partial charge in [0.05, 0.1) is 12.8 Å². The third kappa shape index (κ3) is 3.43. The van der Waals surface area contributed by atoms with Gasteiger partial charge in [0.2, 0.25) is 0 Å². The molecule has 0 N–H and O–H groups in total. The highest BCUT2D eigenvalue weighted by atomic mass is 32.1. The number of ether oxygens (including phenoxy) is 1. The van der Waals surface area contributed by atoms with Gasteiger partial charge in [-0.05, 0) is 31.9 Å². The summed E-state index contributed by atoms with van der Waals surface area (Å²) < 4.78 is 7.75. The van der Waals surface area contributed by atoms with Gasteiger partial charge in [-0.2, -0.15) is 0 Å². The molecular formula is C18H24N2OS. The van der Waals surface area contributed by atoms with E-state index in [1.807, 2.05) is 24.3 Å². The maximum atomic E-state index is 5.30. The lowest BCUT2D eigenvalue weighted by atomic mass is 10.1. The van der Waals surface area contributed by atoms with E-state index in [9.17, 15) is 0 Å². The van der Waals surface area contributed by atoms with E-state index < -0.39 is 0 Å². The lowest BCUT2D eigenvalue weighted by molar-refractivity contribution is 0.415. The molecule has 1 fully saturated rings. The van der Waals surface area contributed by atoms with Crippen LogP contribution < -0.4 is 9.54 Å². The number of thiazole rings is 1. The van der Waals surface area contributed by atoms with E-state index in [-0.39, 0.29) is 0 Å². The summed E-state index contributed by atoms with van der Waals surface area (Å²) in [4.78, 5) is 5.99. The van der Waals surface area contributed by atoms with Crippen molar-refractivity contribution in [2.24, 2.45) is 4.99 Å². The lowest BCUT2D eigenvalue weighted by Crippen LogP contribution is -2.21. The van der Waals surface area contributed by atoms with Gasteiger partial charge in [0.15, 0.2) is 4.80 Å². The molecule has 22 heavy (non-hydrogen) atoms. The Kier molecular flexibility index (Phi) is 4.98. The number of nitrogens with zero attached hydrogens (tertiary/aromatic N) is 2. The molecule has 0 amide bonds. The van der Waals surface area contributed by atoms with Crippen LogP contribution in [0.15, 0.2) is 34.6 Å². The largest absolute Gasteiger partial charge is 0.497 e. The summed E-state index contributed by atoms with van der Waals surface area (Å²) in [6, 6.07) is 8.59. The highest BCUT2D eigenvalue weighted by Gasteiger charge is 2.16. The molecule has 1 aliphatic carbocycles. The number of aromatic nitrogens is 1. The molecule has 0 spiro atoms. The van der Waals surface area contributed by atoms with Gasteiger partial charge in [0, 0.05) is 23.2 Å². The summed E-state index contributed by atoms with van der Waals surface area (Å²) in [6.07, 6.45) is 7.99. The molecule has 3 nitrogen and oxygen atoms in total. The number of aryl methyl sites for hydroxylation is 1. The summed E-state index contributed by atoms with van der Waals surface area (Å²) in [7, 11) is 1.69. The molecule has 0 atom stereocenters. The van der Waals surface area contributed by atoms with E-state index >= 15 is 0 Å². The highest BCUT2D eigenvalue weighted by molar-refractivity contribution is 7.07. The maximum Gasteiger partial charge on any atom is 0.190 e. The Bertz CT molecular complexity index is 678. The van der Waals surface area contributed by atoms with Gasteiger partial charge < -0.3 is 9.30 Å². The third-order valence-corrected chi connectivity index (χ3v) is 5.35. The van der Waals surface area contributed by atoms with Gasteiger partial charge in [0.1, 0.15) is 5.75 Å². The molecule has 1 heterocycles. The van der Waals surface area contributed by atoms with Gasteiger partial charge in [-0.3, -0.25) is 0 Å². The standard InChI is InChI=1S/C18H24N2OS/c1-14-13-22-18(19-15-8-7-11-17(12-15)21-2)20(14)16-9-5-3-4-6-10-16/h7-8,11-13,16H,3-6,9-10H2,1-2H3. The predicted octanol–water partition coefficient (Wildman–Crippen LogP) is 4.99. The minimum atomic E-state index is 0.609. The lowest BCUT2D eigenvalue weighted by Gasteiger charge is -2.18. The Morgan fingerprint density at radius 2 is 1.95 bits per heavy atom. The van der Waals surface area contributed by atoms with Gasteiger partial charge in [-0.1, -0.05) is 31.7 Å². The Morgan fingerprint density at radius 3 is 2.68 bits per heavy atom. The molecule has 0 unspecified atom stereocenters. The van der Waals surface area contributed by atoms with E-state index in [0.29, 0.717) is 6.04 Å². The van der Waals surface area contributed by atoms with Crippen LogP contribution in [-0.2, 0) is 0 Å². The second-order valence-corrected chi connectivity index (χ2v) is 6.82. The topological polar surface area (TPSA) is 26.5 Å². The monoisotopic (exact) mass is 316 g/mol. The van der Waals surface area contributed by atoms with Crippen molar-refractivity contribution in [1.29, 1.82) is 0 Å².